The Morgan fingerprint density at radius 1 is 1.15 bits per heavy atom. The number of likely N-dealkylation sites (tertiary alicyclic amines) is 2. The van der Waals surface area contributed by atoms with Gasteiger partial charge in [0.05, 0.1) is 23.6 Å². The summed E-state index contributed by atoms with van der Waals surface area (Å²) in [6.45, 7) is 9.75. The van der Waals surface area contributed by atoms with Gasteiger partial charge < -0.3 is 24.8 Å². The maximum absolute atomic E-state index is 14.3. The van der Waals surface area contributed by atoms with Crippen LogP contribution in [-0.2, 0) is 4.79 Å². The van der Waals surface area contributed by atoms with Gasteiger partial charge in [-0.05, 0) is 57.3 Å². The maximum Gasteiger partial charge on any atom is 0.298 e. The number of carbonyl (C=O) groups excluding carboxylic acids is 1. The van der Waals surface area contributed by atoms with Gasteiger partial charge >= 0.3 is 0 Å². The van der Waals surface area contributed by atoms with Crippen molar-refractivity contribution in [3.8, 4) is 5.75 Å². The number of ether oxygens (including phenoxy) is 1. The molecule has 2 fully saturated rings. The van der Waals surface area contributed by atoms with Crippen LogP contribution in [0.3, 0.4) is 0 Å². The number of piperidine rings is 1. The fraction of sp³-hybridized carbons (Fsp3) is 0.533. The summed E-state index contributed by atoms with van der Waals surface area (Å²) in [5.74, 6) is -2.25. The molecule has 2 aromatic rings. The molecule has 4 heterocycles. The van der Waals surface area contributed by atoms with Gasteiger partial charge in [0.15, 0.2) is 6.61 Å². The monoisotopic (exact) mass is 556 g/mol. The summed E-state index contributed by atoms with van der Waals surface area (Å²) in [4.78, 5) is 23.5. The maximum atomic E-state index is 14.3. The van der Waals surface area contributed by atoms with Gasteiger partial charge in [-0.3, -0.25) is 9.69 Å². The van der Waals surface area contributed by atoms with E-state index in [-0.39, 0.29) is 11.9 Å². The Balaban J connectivity index is 0.000000867. The first kappa shape index (κ1) is 29.6. The number of hydrogen-bond acceptors (Lipinski definition) is 6. The van der Waals surface area contributed by atoms with Crippen molar-refractivity contribution in [3.63, 3.8) is 0 Å². The van der Waals surface area contributed by atoms with Gasteiger partial charge in [-0.1, -0.05) is 37.8 Å². The molecule has 2 saturated heterocycles. The third-order valence-corrected chi connectivity index (χ3v) is 7.67. The number of hydrogen-bond donors (Lipinski definition) is 1. The van der Waals surface area contributed by atoms with Crippen LogP contribution in [0.2, 0.25) is 0 Å². The third-order valence-electron chi connectivity index (χ3n) is 7.67. The molecule has 1 aromatic heterocycles. The number of imidazole rings is 1. The average Bonchev–Trinajstić information content (AvgIpc) is 3.06. The van der Waals surface area contributed by atoms with Crippen LogP contribution in [-0.4, -0.2) is 84.1 Å². The fourth-order valence-corrected chi connectivity index (χ4v) is 5.76. The number of alkyl halides is 2. The van der Waals surface area contributed by atoms with Crippen molar-refractivity contribution in [1.82, 2.24) is 19.4 Å². The molecule has 0 aliphatic carbocycles. The summed E-state index contributed by atoms with van der Waals surface area (Å²) in [6, 6.07) is 3.34. The highest BCUT2D eigenvalue weighted by Crippen LogP contribution is 2.42. The highest BCUT2D eigenvalue weighted by Gasteiger charge is 2.37. The smallest absolute Gasteiger partial charge is 0.298 e. The van der Waals surface area contributed by atoms with E-state index in [1.807, 2.05) is 15.5 Å². The molecular weight excluding hydrogens is 514 g/mol. The summed E-state index contributed by atoms with van der Waals surface area (Å²) < 4.78 is 36.0. The largest absolute Gasteiger partial charge is 0.485 e. The molecular formula is C30H42F2N6O2. The van der Waals surface area contributed by atoms with Crippen molar-refractivity contribution in [2.45, 2.75) is 50.5 Å². The second-order valence-corrected chi connectivity index (χ2v) is 10.8. The molecule has 1 aromatic carbocycles. The molecule has 3 aliphatic rings. The van der Waals surface area contributed by atoms with Crippen LogP contribution in [0.1, 0.15) is 44.6 Å². The molecule has 0 saturated carbocycles. The number of nitrogens with zero attached hydrogens (tertiary/aromatic N) is 5. The number of carbonyl (C=O) groups is 1. The van der Waals surface area contributed by atoms with Crippen molar-refractivity contribution in [3.05, 3.63) is 49.6 Å². The summed E-state index contributed by atoms with van der Waals surface area (Å²) in [5.41, 5.74) is 8.30. The molecule has 2 N–H and O–H groups in total. The molecule has 1 amide bonds. The Morgan fingerprint density at radius 3 is 2.60 bits per heavy atom. The minimum Gasteiger partial charge on any atom is -0.485 e. The normalized spacial score (nSPS) is 21.5. The van der Waals surface area contributed by atoms with Gasteiger partial charge in [0, 0.05) is 32.8 Å². The topological polar surface area (TPSA) is 79.9 Å². The Labute approximate surface area is 235 Å². The zero-order chi connectivity index (χ0) is 28.7. The van der Waals surface area contributed by atoms with E-state index in [9.17, 15) is 13.6 Å². The fourth-order valence-electron chi connectivity index (χ4n) is 5.76. The second kappa shape index (κ2) is 13.3. The van der Waals surface area contributed by atoms with Gasteiger partial charge in [0.2, 0.25) is 11.9 Å². The van der Waals surface area contributed by atoms with Gasteiger partial charge in [0.1, 0.15) is 11.4 Å². The summed E-state index contributed by atoms with van der Waals surface area (Å²) >= 11 is 0. The predicted molar refractivity (Wildman–Crippen MR) is 157 cm³/mol. The molecule has 5 rings (SSSR count). The highest BCUT2D eigenvalue weighted by atomic mass is 19.3. The van der Waals surface area contributed by atoms with Gasteiger partial charge in [-0.15, -0.1) is 0 Å². The quantitative estimate of drug-likeness (QED) is 0.411. The zero-order valence-electron chi connectivity index (χ0n) is 23.5. The molecule has 8 nitrogen and oxygen atoms in total. The van der Waals surface area contributed by atoms with Crippen LogP contribution in [0.4, 0.5) is 20.4 Å². The van der Waals surface area contributed by atoms with Gasteiger partial charge in [-0.2, -0.15) is 0 Å². The molecule has 10 heteroatoms. The number of fused-ring (bicyclic) bond motifs is 3. The average molecular weight is 557 g/mol. The van der Waals surface area contributed by atoms with Crippen LogP contribution >= 0.6 is 0 Å². The highest BCUT2D eigenvalue weighted by molar-refractivity contribution is 5.95. The van der Waals surface area contributed by atoms with Crippen molar-refractivity contribution in [2.24, 2.45) is 0 Å². The van der Waals surface area contributed by atoms with Crippen LogP contribution in [0, 0.1) is 0 Å². The number of nitrogens with two attached hydrogens (primary N) is 1. The number of anilines is 2. The van der Waals surface area contributed by atoms with Crippen LogP contribution in [0.5, 0.6) is 5.75 Å². The van der Waals surface area contributed by atoms with E-state index in [1.54, 1.807) is 37.4 Å². The van der Waals surface area contributed by atoms with E-state index in [2.05, 4.69) is 23.0 Å². The number of allylic oxidation sites excluding steroid dienone is 2. The lowest BCUT2D eigenvalue weighted by Gasteiger charge is -2.28. The molecule has 0 bridgehead atoms. The second-order valence-electron chi connectivity index (χ2n) is 10.8. The number of aromatic nitrogens is 2. The van der Waals surface area contributed by atoms with E-state index in [0.717, 1.165) is 38.9 Å². The summed E-state index contributed by atoms with van der Waals surface area (Å²) in [5, 5.41) is 0. The predicted octanol–water partition coefficient (Wildman–Crippen LogP) is 5.04. The Hall–Kier alpha value is -3.40. The molecule has 3 aliphatic heterocycles. The first-order valence-electron chi connectivity index (χ1n) is 14.2. The molecule has 1 unspecified atom stereocenters. The Bertz CT molecular complexity index is 1210. The number of benzene rings is 1. The molecule has 0 radical (unpaired) electrons. The SMILES string of the molecule is C=CC=C.CN1CC(F)(F)COc2ccc3nc(N)n(C4CCCCN(C(=O)/C=C/CN5CCCCC5)C4)c3c21. The van der Waals surface area contributed by atoms with Gasteiger partial charge in [0.25, 0.3) is 5.92 Å². The van der Waals surface area contributed by atoms with Crippen LogP contribution < -0.4 is 15.4 Å². The van der Waals surface area contributed by atoms with Crippen molar-refractivity contribution in [2.75, 3.05) is 63.6 Å². The van der Waals surface area contributed by atoms with Crippen LogP contribution in [0.15, 0.2) is 49.6 Å². The first-order chi connectivity index (χ1) is 19.2. The van der Waals surface area contributed by atoms with Crippen LogP contribution in [0.25, 0.3) is 11.0 Å². The van der Waals surface area contributed by atoms with Crippen molar-refractivity contribution in [1.29, 1.82) is 0 Å². The lowest BCUT2D eigenvalue weighted by Crippen LogP contribution is -2.37. The number of halogens is 2. The number of amides is 1. The summed E-state index contributed by atoms with van der Waals surface area (Å²) in [7, 11) is 1.64. The Kier molecular flexibility index (Phi) is 9.84. The number of rotatable bonds is 5. The number of nitrogen functional groups attached to an aromatic ring is 1. The molecule has 40 heavy (non-hydrogen) atoms. The van der Waals surface area contributed by atoms with Gasteiger partial charge in [-0.25, -0.2) is 13.8 Å². The standard InChI is InChI=1S/C26H36F2N6O2.C4H6/c1-31-17-26(27,28)18-36-21-11-10-20-23(24(21)31)34(25(29)30-20)19-8-3-6-15-33(16-19)22(35)9-7-14-32-12-4-2-5-13-32;1-3-4-2/h7,9-11,19H,2-6,8,12-18H2,1H3,(H2,29,30);3-4H,1-2H2/b9-7+;. The lowest BCUT2D eigenvalue weighted by molar-refractivity contribution is -0.126. The van der Waals surface area contributed by atoms with E-state index in [4.69, 9.17) is 10.5 Å². The van der Waals surface area contributed by atoms with E-state index >= 15 is 0 Å². The molecule has 0 spiro atoms. The van der Waals surface area contributed by atoms with Crippen molar-refractivity contribution < 1.29 is 18.3 Å². The van der Waals surface area contributed by atoms with Crippen molar-refractivity contribution >= 4 is 28.6 Å². The third kappa shape index (κ3) is 7.02. The lowest BCUT2D eigenvalue weighted by atomic mass is 10.1. The minimum atomic E-state index is -2.97. The minimum absolute atomic E-state index is 0.000763. The Morgan fingerprint density at radius 2 is 1.88 bits per heavy atom. The van der Waals surface area contributed by atoms with E-state index in [0.29, 0.717) is 41.5 Å². The summed E-state index contributed by atoms with van der Waals surface area (Å²) in [6.07, 6.45) is 13.3. The first-order valence-corrected chi connectivity index (χ1v) is 14.2. The zero-order valence-corrected chi connectivity index (χ0v) is 23.5. The molecule has 1 atom stereocenters. The molecule has 218 valence electrons. The van der Waals surface area contributed by atoms with E-state index in [1.165, 1.54) is 24.2 Å². The van der Waals surface area contributed by atoms with E-state index < -0.39 is 19.1 Å².